The molecular formula is C14H20. The first-order valence-corrected chi connectivity index (χ1v) is 5.33. The van der Waals surface area contributed by atoms with E-state index in [0.29, 0.717) is 5.92 Å². The quantitative estimate of drug-likeness (QED) is 0.618. The standard InChI is InChI=1S/C14H20/c1-5-6-7-12(3)14-9-8-11(2)13(4)10-14/h5-6,8-10,12H,7H2,1-4H3/b6-5-. The van der Waals surface area contributed by atoms with Gasteiger partial charge < -0.3 is 0 Å². The van der Waals surface area contributed by atoms with Gasteiger partial charge >= 0.3 is 0 Å². The Labute approximate surface area is 87.7 Å². The molecule has 76 valence electrons. The van der Waals surface area contributed by atoms with E-state index < -0.39 is 0 Å². The second kappa shape index (κ2) is 4.99. The van der Waals surface area contributed by atoms with E-state index in [1.165, 1.54) is 16.7 Å². The van der Waals surface area contributed by atoms with E-state index in [9.17, 15) is 0 Å². The summed E-state index contributed by atoms with van der Waals surface area (Å²) in [6, 6.07) is 6.77. The summed E-state index contributed by atoms with van der Waals surface area (Å²) in [6.07, 6.45) is 5.50. The summed E-state index contributed by atoms with van der Waals surface area (Å²) in [6.45, 7) is 8.70. The van der Waals surface area contributed by atoms with Crippen LogP contribution in [0.25, 0.3) is 0 Å². The molecule has 0 heteroatoms. The zero-order valence-electron chi connectivity index (χ0n) is 9.67. The zero-order valence-corrected chi connectivity index (χ0v) is 9.67. The first kappa shape index (κ1) is 11.0. The van der Waals surface area contributed by atoms with Gasteiger partial charge in [-0.05, 0) is 49.8 Å². The predicted molar refractivity (Wildman–Crippen MR) is 63.8 cm³/mol. The predicted octanol–water partition coefficient (Wildman–Crippen LogP) is 4.37. The van der Waals surface area contributed by atoms with Gasteiger partial charge in [0, 0.05) is 0 Å². The fraction of sp³-hybridized carbons (Fsp3) is 0.429. The molecule has 14 heavy (non-hydrogen) atoms. The van der Waals surface area contributed by atoms with Crippen molar-refractivity contribution in [2.75, 3.05) is 0 Å². The van der Waals surface area contributed by atoms with Crippen molar-refractivity contribution in [2.24, 2.45) is 0 Å². The molecule has 0 aromatic heterocycles. The second-order valence-electron chi connectivity index (χ2n) is 4.05. The molecule has 0 fully saturated rings. The van der Waals surface area contributed by atoms with Crippen LogP contribution in [0.1, 0.15) is 42.9 Å². The third-order valence-corrected chi connectivity index (χ3v) is 2.83. The largest absolute Gasteiger partial charge is 0.0916 e. The summed E-state index contributed by atoms with van der Waals surface area (Å²) in [7, 11) is 0. The van der Waals surface area contributed by atoms with Gasteiger partial charge in [0.05, 0.1) is 0 Å². The first-order chi connectivity index (χ1) is 6.65. The third-order valence-electron chi connectivity index (χ3n) is 2.83. The van der Waals surface area contributed by atoms with E-state index in [-0.39, 0.29) is 0 Å². The molecule has 0 aliphatic rings. The van der Waals surface area contributed by atoms with Gasteiger partial charge in [0.15, 0.2) is 0 Å². The number of benzene rings is 1. The molecule has 0 aliphatic carbocycles. The van der Waals surface area contributed by atoms with Gasteiger partial charge in [0.1, 0.15) is 0 Å². The molecule has 1 atom stereocenters. The van der Waals surface area contributed by atoms with Gasteiger partial charge in [-0.15, -0.1) is 0 Å². The van der Waals surface area contributed by atoms with Gasteiger partial charge in [-0.2, -0.15) is 0 Å². The Kier molecular flexibility index (Phi) is 3.94. The van der Waals surface area contributed by atoms with Crippen LogP contribution >= 0.6 is 0 Å². The van der Waals surface area contributed by atoms with Crippen molar-refractivity contribution in [3.05, 3.63) is 47.0 Å². The van der Waals surface area contributed by atoms with Crippen molar-refractivity contribution in [1.82, 2.24) is 0 Å². The van der Waals surface area contributed by atoms with Crippen LogP contribution in [0.2, 0.25) is 0 Å². The van der Waals surface area contributed by atoms with Crippen LogP contribution in [-0.2, 0) is 0 Å². The van der Waals surface area contributed by atoms with E-state index in [1.54, 1.807) is 0 Å². The maximum absolute atomic E-state index is 2.31. The molecule has 1 unspecified atom stereocenters. The Morgan fingerprint density at radius 1 is 1.21 bits per heavy atom. The van der Waals surface area contributed by atoms with Crippen molar-refractivity contribution in [2.45, 2.75) is 40.0 Å². The molecule has 0 bridgehead atoms. The number of rotatable bonds is 3. The maximum atomic E-state index is 2.31. The monoisotopic (exact) mass is 188 g/mol. The summed E-state index contributed by atoms with van der Waals surface area (Å²) in [4.78, 5) is 0. The van der Waals surface area contributed by atoms with Crippen LogP contribution in [-0.4, -0.2) is 0 Å². The normalized spacial score (nSPS) is 13.4. The van der Waals surface area contributed by atoms with Crippen molar-refractivity contribution < 1.29 is 0 Å². The average molecular weight is 188 g/mol. The summed E-state index contributed by atoms with van der Waals surface area (Å²) in [5.41, 5.74) is 4.23. The van der Waals surface area contributed by atoms with E-state index in [4.69, 9.17) is 0 Å². The minimum absolute atomic E-state index is 0.630. The van der Waals surface area contributed by atoms with Crippen LogP contribution < -0.4 is 0 Å². The van der Waals surface area contributed by atoms with Crippen molar-refractivity contribution in [3.8, 4) is 0 Å². The molecule has 0 spiro atoms. The van der Waals surface area contributed by atoms with Crippen molar-refractivity contribution in [3.63, 3.8) is 0 Å². The molecule has 0 radical (unpaired) electrons. The third kappa shape index (κ3) is 2.73. The number of hydrogen-bond acceptors (Lipinski definition) is 0. The number of allylic oxidation sites excluding steroid dienone is 2. The molecule has 0 aliphatic heterocycles. The van der Waals surface area contributed by atoms with E-state index in [0.717, 1.165) is 6.42 Å². The average Bonchev–Trinajstić information content (AvgIpc) is 2.18. The van der Waals surface area contributed by atoms with Crippen molar-refractivity contribution >= 4 is 0 Å². The highest BCUT2D eigenvalue weighted by Crippen LogP contribution is 2.21. The molecule has 0 heterocycles. The fourth-order valence-corrected chi connectivity index (χ4v) is 1.55. The van der Waals surface area contributed by atoms with Gasteiger partial charge in [0.25, 0.3) is 0 Å². The molecular weight excluding hydrogens is 168 g/mol. The lowest BCUT2D eigenvalue weighted by Gasteiger charge is -2.11. The molecule has 0 saturated heterocycles. The van der Waals surface area contributed by atoms with E-state index >= 15 is 0 Å². The van der Waals surface area contributed by atoms with Crippen LogP contribution in [0.4, 0.5) is 0 Å². The lowest BCUT2D eigenvalue weighted by molar-refractivity contribution is 0.778. The summed E-state index contributed by atoms with van der Waals surface area (Å²) in [5.74, 6) is 0.630. The molecule has 0 nitrogen and oxygen atoms in total. The minimum atomic E-state index is 0.630. The number of hydrogen-bond donors (Lipinski definition) is 0. The van der Waals surface area contributed by atoms with Gasteiger partial charge in [-0.25, -0.2) is 0 Å². The Morgan fingerprint density at radius 3 is 2.50 bits per heavy atom. The van der Waals surface area contributed by atoms with Crippen LogP contribution in [0, 0.1) is 13.8 Å². The molecule has 1 aromatic rings. The Balaban J connectivity index is 2.80. The Bertz CT molecular complexity index is 321. The van der Waals surface area contributed by atoms with Crippen LogP contribution in [0.3, 0.4) is 0 Å². The van der Waals surface area contributed by atoms with Gasteiger partial charge in [-0.3, -0.25) is 0 Å². The van der Waals surface area contributed by atoms with Gasteiger partial charge in [0.2, 0.25) is 0 Å². The lowest BCUT2D eigenvalue weighted by Crippen LogP contribution is -1.93. The first-order valence-electron chi connectivity index (χ1n) is 5.33. The molecule has 1 aromatic carbocycles. The summed E-state index contributed by atoms with van der Waals surface area (Å²) < 4.78 is 0. The summed E-state index contributed by atoms with van der Waals surface area (Å²) >= 11 is 0. The lowest BCUT2D eigenvalue weighted by atomic mass is 9.94. The van der Waals surface area contributed by atoms with E-state index in [2.05, 4.69) is 58.0 Å². The Morgan fingerprint density at radius 2 is 1.93 bits per heavy atom. The summed E-state index contributed by atoms with van der Waals surface area (Å²) in [5, 5.41) is 0. The highest BCUT2D eigenvalue weighted by atomic mass is 14.1. The smallest absolute Gasteiger partial charge is 0.0156 e. The van der Waals surface area contributed by atoms with Gasteiger partial charge in [-0.1, -0.05) is 37.3 Å². The SMILES string of the molecule is C/C=C\CC(C)c1ccc(C)c(C)c1. The van der Waals surface area contributed by atoms with Crippen LogP contribution in [0.15, 0.2) is 30.4 Å². The zero-order chi connectivity index (χ0) is 10.6. The maximum Gasteiger partial charge on any atom is -0.0156 e. The molecule has 1 rings (SSSR count). The number of aryl methyl sites for hydroxylation is 2. The second-order valence-corrected chi connectivity index (χ2v) is 4.05. The topological polar surface area (TPSA) is 0 Å². The van der Waals surface area contributed by atoms with Crippen LogP contribution in [0.5, 0.6) is 0 Å². The van der Waals surface area contributed by atoms with E-state index in [1.807, 2.05) is 0 Å². The minimum Gasteiger partial charge on any atom is -0.0916 e. The highest BCUT2D eigenvalue weighted by Gasteiger charge is 2.04. The Hall–Kier alpha value is -1.04. The fourth-order valence-electron chi connectivity index (χ4n) is 1.55. The molecule has 0 N–H and O–H groups in total. The molecule has 0 amide bonds. The highest BCUT2D eigenvalue weighted by molar-refractivity contribution is 5.31. The van der Waals surface area contributed by atoms with Crippen molar-refractivity contribution in [1.29, 1.82) is 0 Å². The molecule has 0 saturated carbocycles.